The third-order valence-corrected chi connectivity index (χ3v) is 5.36. The van der Waals surface area contributed by atoms with Crippen molar-refractivity contribution >= 4 is 23.4 Å². The predicted molar refractivity (Wildman–Crippen MR) is 107 cm³/mol. The Bertz CT molecular complexity index is 743. The van der Waals surface area contributed by atoms with Gasteiger partial charge in [0.15, 0.2) is 0 Å². The average molecular weight is 371 g/mol. The zero-order valence-electron chi connectivity index (χ0n) is 15.7. The topological polar surface area (TPSA) is 49.3 Å². The molecular formula is C20H26N4OS. The van der Waals surface area contributed by atoms with Gasteiger partial charge in [0.25, 0.3) is 0 Å². The molecule has 0 unspecified atom stereocenters. The molecule has 138 valence electrons. The van der Waals surface area contributed by atoms with Crippen molar-refractivity contribution in [3.05, 3.63) is 47.9 Å². The Morgan fingerprint density at radius 3 is 2.46 bits per heavy atom. The maximum Gasteiger partial charge on any atom is 0.233 e. The lowest BCUT2D eigenvalue weighted by Crippen LogP contribution is -2.49. The van der Waals surface area contributed by atoms with E-state index in [1.54, 1.807) is 0 Å². The number of aromatic nitrogens is 2. The third kappa shape index (κ3) is 4.75. The van der Waals surface area contributed by atoms with Gasteiger partial charge in [0, 0.05) is 43.5 Å². The fourth-order valence-electron chi connectivity index (χ4n) is 2.97. The fourth-order valence-corrected chi connectivity index (χ4v) is 3.84. The summed E-state index contributed by atoms with van der Waals surface area (Å²) >= 11 is 1.51. The second-order valence-electron chi connectivity index (χ2n) is 6.85. The zero-order valence-corrected chi connectivity index (χ0v) is 16.5. The molecule has 0 bridgehead atoms. The van der Waals surface area contributed by atoms with Crippen molar-refractivity contribution in [3.63, 3.8) is 0 Å². The molecule has 0 N–H and O–H groups in total. The van der Waals surface area contributed by atoms with Crippen LogP contribution in [-0.4, -0.2) is 52.7 Å². The summed E-state index contributed by atoms with van der Waals surface area (Å²) in [5.41, 5.74) is 2.18. The van der Waals surface area contributed by atoms with Gasteiger partial charge in [-0.3, -0.25) is 4.79 Å². The summed E-state index contributed by atoms with van der Waals surface area (Å²) in [6.45, 7) is 9.45. The summed E-state index contributed by atoms with van der Waals surface area (Å²) in [6, 6.07) is 12.3. The first-order chi connectivity index (χ1) is 12.5. The van der Waals surface area contributed by atoms with Gasteiger partial charge >= 0.3 is 0 Å². The molecule has 1 fully saturated rings. The standard InChI is InChI=1S/C20H26N4OS/c1-15(2)20-21-16(3)13-18(22-20)26-14-19(25)24-11-9-23(10-12-24)17-7-5-4-6-8-17/h4-8,13,15H,9-12,14H2,1-3H3. The number of hydrogen-bond acceptors (Lipinski definition) is 5. The minimum absolute atomic E-state index is 0.185. The number of para-hydroxylation sites is 1. The minimum atomic E-state index is 0.185. The molecule has 1 saturated heterocycles. The van der Waals surface area contributed by atoms with E-state index in [0.29, 0.717) is 5.75 Å². The van der Waals surface area contributed by atoms with Crippen molar-refractivity contribution in [2.45, 2.75) is 31.7 Å². The number of nitrogens with zero attached hydrogens (tertiary/aromatic N) is 4. The third-order valence-electron chi connectivity index (χ3n) is 4.46. The van der Waals surface area contributed by atoms with E-state index in [0.717, 1.165) is 42.7 Å². The van der Waals surface area contributed by atoms with Gasteiger partial charge in [-0.25, -0.2) is 9.97 Å². The van der Waals surface area contributed by atoms with E-state index < -0.39 is 0 Å². The van der Waals surface area contributed by atoms with Gasteiger partial charge in [0.2, 0.25) is 5.91 Å². The maximum absolute atomic E-state index is 12.6. The summed E-state index contributed by atoms with van der Waals surface area (Å²) in [5.74, 6) is 1.75. The first kappa shape index (κ1) is 18.7. The van der Waals surface area contributed by atoms with E-state index in [1.165, 1.54) is 17.4 Å². The van der Waals surface area contributed by atoms with E-state index in [4.69, 9.17) is 0 Å². The number of aryl methyl sites for hydroxylation is 1. The number of carbonyl (C=O) groups excluding carboxylic acids is 1. The van der Waals surface area contributed by atoms with E-state index in [1.807, 2.05) is 24.0 Å². The second-order valence-corrected chi connectivity index (χ2v) is 7.85. The summed E-state index contributed by atoms with van der Waals surface area (Å²) < 4.78 is 0. The summed E-state index contributed by atoms with van der Waals surface area (Å²) in [6.07, 6.45) is 0. The first-order valence-corrected chi connectivity index (χ1v) is 10.1. The first-order valence-electron chi connectivity index (χ1n) is 9.09. The molecule has 2 aromatic rings. The number of amides is 1. The normalized spacial score (nSPS) is 14.8. The van der Waals surface area contributed by atoms with E-state index in [-0.39, 0.29) is 11.8 Å². The van der Waals surface area contributed by atoms with Crippen molar-refractivity contribution in [2.24, 2.45) is 0 Å². The molecular weight excluding hydrogens is 344 g/mol. The van der Waals surface area contributed by atoms with Gasteiger partial charge in [-0.2, -0.15) is 0 Å². The number of hydrogen-bond donors (Lipinski definition) is 0. The van der Waals surface area contributed by atoms with Crippen molar-refractivity contribution in [2.75, 3.05) is 36.8 Å². The summed E-state index contributed by atoms with van der Waals surface area (Å²) in [5, 5.41) is 0.887. The molecule has 0 radical (unpaired) electrons. The Balaban J connectivity index is 1.52. The number of carbonyl (C=O) groups is 1. The van der Waals surface area contributed by atoms with Crippen molar-refractivity contribution < 1.29 is 4.79 Å². The SMILES string of the molecule is Cc1cc(SCC(=O)N2CCN(c3ccccc3)CC2)nc(C(C)C)n1. The monoisotopic (exact) mass is 370 g/mol. The van der Waals surface area contributed by atoms with Gasteiger partial charge in [0.1, 0.15) is 10.9 Å². The average Bonchev–Trinajstić information content (AvgIpc) is 2.66. The minimum Gasteiger partial charge on any atom is -0.368 e. The van der Waals surface area contributed by atoms with Crippen LogP contribution in [0.2, 0.25) is 0 Å². The highest BCUT2D eigenvalue weighted by Gasteiger charge is 2.21. The molecule has 1 aromatic carbocycles. The van der Waals surface area contributed by atoms with Crippen LogP contribution >= 0.6 is 11.8 Å². The van der Waals surface area contributed by atoms with E-state index in [2.05, 4.69) is 53.0 Å². The van der Waals surface area contributed by atoms with Crippen LogP contribution in [0.25, 0.3) is 0 Å². The Morgan fingerprint density at radius 2 is 1.81 bits per heavy atom. The maximum atomic E-state index is 12.6. The van der Waals surface area contributed by atoms with Gasteiger partial charge in [-0.15, -0.1) is 0 Å². The smallest absolute Gasteiger partial charge is 0.233 e. The molecule has 26 heavy (non-hydrogen) atoms. The molecule has 3 rings (SSSR count). The van der Waals surface area contributed by atoms with E-state index >= 15 is 0 Å². The molecule has 1 aromatic heterocycles. The summed E-state index contributed by atoms with van der Waals surface area (Å²) in [7, 11) is 0. The molecule has 1 aliphatic heterocycles. The van der Waals surface area contributed by atoms with Crippen LogP contribution in [0.15, 0.2) is 41.4 Å². The number of rotatable bonds is 5. The largest absolute Gasteiger partial charge is 0.368 e. The van der Waals surface area contributed by atoms with Crippen LogP contribution < -0.4 is 4.90 Å². The fraction of sp³-hybridized carbons (Fsp3) is 0.450. The predicted octanol–water partition coefficient (Wildman–Crippen LogP) is 3.35. The number of thioether (sulfide) groups is 1. The highest BCUT2D eigenvalue weighted by Crippen LogP contribution is 2.21. The van der Waals surface area contributed by atoms with Gasteiger partial charge in [0.05, 0.1) is 5.75 Å². The molecule has 1 aliphatic rings. The molecule has 0 spiro atoms. The lowest BCUT2D eigenvalue weighted by Gasteiger charge is -2.36. The highest BCUT2D eigenvalue weighted by molar-refractivity contribution is 7.99. The number of benzene rings is 1. The molecule has 0 saturated carbocycles. The van der Waals surface area contributed by atoms with Crippen LogP contribution in [-0.2, 0) is 4.79 Å². The molecule has 6 heteroatoms. The highest BCUT2D eigenvalue weighted by atomic mass is 32.2. The molecule has 0 atom stereocenters. The Labute approximate surface area is 159 Å². The van der Waals surface area contributed by atoms with Gasteiger partial charge in [-0.05, 0) is 25.1 Å². The van der Waals surface area contributed by atoms with Crippen molar-refractivity contribution in [1.82, 2.24) is 14.9 Å². The van der Waals surface area contributed by atoms with Crippen LogP contribution in [0.4, 0.5) is 5.69 Å². The van der Waals surface area contributed by atoms with Crippen LogP contribution in [0.1, 0.15) is 31.3 Å². The van der Waals surface area contributed by atoms with Gasteiger partial charge < -0.3 is 9.80 Å². The molecule has 0 aliphatic carbocycles. The van der Waals surface area contributed by atoms with Crippen molar-refractivity contribution in [1.29, 1.82) is 0 Å². The number of anilines is 1. The van der Waals surface area contributed by atoms with Gasteiger partial charge in [-0.1, -0.05) is 43.8 Å². The lowest BCUT2D eigenvalue weighted by molar-refractivity contribution is -0.128. The van der Waals surface area contributed by atoms with Crippen molar-refractivity contribution in [3.8, 4) is 0 Å². The van der Waals surface area contributed by atoms with E-state index in [9.17, 15) is 4.79 Å². The quantitative estimate of drug-likeness (QED) is 0.597. The Hall–Kier alpha value is -2.08. The second kappa shape index (κ2) is 8.54. The lowest BCUT2D eigenvalue weighted by atomic mass is 10.2. The summed E-state index contributed by atoms with van der Waals surface area (Å²) in [4.78, 5) is 25.9. The number of piperazine rings is 1. The molecule has 2 heterocycles. The van der Waals surface area contributed by atoms with Crippen LogP contribution in [0.5, 0.6) is 0 Å². The Morgan fingerprint density at radius 1 is 1.12 bits per heavy atom. The Kier molecular flexibility index (Phi) is 6.14. The van der Waals surface area contributed by atoms with Crippen LogP contribution in [0, 0.1) is 6.92 Å². The molecule has 1 amide bonds. The zero-order chi connectivity index (χ0) is 18.5. The van der Waals surface area contributed by atoms with Crippen LogP contribution in [0.3, 0.4) is 0 Å². The molecule has 5 nitrogen and oxygen atoms in total.